The van der Waals surface area contributed by atoms with Crippen LogP contribution in [0.25, 0.3) is 0 Å². The largest absolute Gasteiger partial charge is 0.329 e. The fraction of sp³-hybridized carbons (Fsp3) is 0.263. The van der Waals surface area contributed by atoms with Crippen molar-refractivity contribution in [2.24, 2.45) is 0 Å². The Morgan fingerprint density at radius 1 is 1.08 bits per heavy atom. The summed E-state index contributed by atoms with van der Waals surface area (Å²) in [4.78, 5) is 26.3. The molecule has 0 fully saturated rings. The number of amides is 1. The Kier molecular flexibility index (Phi) is 4.02. The predicted molar refractivity (Wildman–Crippen MR) is 95.3 cm³/mol. The maximum absolute atomic E-state index is 12.9. The minimum absolute atomic E-state index is 0.0293. The standard InChI is InChI=1S/C19H16ClNO2S/c20-13-4-1-3-11(7-13)14-10-18(23)21-15-8-12(9-16(22)19(14)15)17-5-2-6-24-17/h1-7,12,14H,8-10H2,(H,21,23)/t12-,14-/m1/s1. The van der Waals surface area contributed by atoms with Gasteiger partial charge in [-0.15, -0.1) is 11.3 Å². The number of nitrogens with one attached hydrogen (secondary N) is 1. The van der Waals surface area contributed by atoms with Crippen molar-refractivity contribution in [2.45, 2.75) is 31.1 Å². The molecular formula is C19H16ClNO2S. The Balaban J connectivity index is 1.74. The van der Waals surface area contributed by atoms with Crippen LogP contribution in [0.2, 0.25) is 5.02 Å². The van der Waals surface area contributed by atoms with Gasteiger partial charge < -0.3 is 5.32 Å². The number of carbonyl (C=O) groups excluding carboxylic acids is 2. The van der Waals surface area contributed by atoms with Gasteiger partial charge in [-0.25, -0.2) is 0 Å². The van der Waals surface area contributed by atoms with E-state index in [1.807, 2.05) is 29.6 Å². The topological polar surface area (TPSA) is 46.2 Å². The van der Waals surface area contributed by atoms with Crippen molar-refractivity contribution < 1.29 is 9.59 Å². The van der Waals surface area contributed by atoms with Gasteiger partial charge in [0.25, 0.3) is 0 Å². The maximum atomic E-state index is 12.9. The van der Waals surface area contributed by atoms with Crippen LogP contribution in [0.5, 0.6) is 0 Å². The van der Waals surface area contributed by atoms with E-state index in [9.17, 15) is 9.59 Å². The molecule has 1 aromatic carbocycles. The smallest absolute Gasteiger partial charge is 0.225 e. The molecule has 1 aliphatic carbocycles. The number of Topliss-reactive ketones (excluding diaryl/α,β-unsaturated/α-hetero) is 1. The highest BCUT2D eigenvalue weighted by Gasteiger charge is 2.38. The summed E-state index contributed by atoms with van der Waals surface area (Å²) < 4.78 is 0. The van der Waals surface area contributed by atoms with E-state index >= 15 is 0 Å². The zero-order chi connectivity index (χ0) is 16.7. The molecule has 1 aromatic heterocycles. The SMILES string of the molecule is O=C1C[C@H](c2cccc(Cl)c2)C2=C(C[C@@H](c3cccs3)CC2=O)N1. The van der Waals surface area contributed by atoms with Crippen LogP contribution in [-0.2, 0) is 9.59 Å². The molecule has 5 heteroatoms. The van der Waals surface area contributed by atoms with E-state index in [0.717, 1.165) is 16.8 Å². The summed E-state index contributed by atoms with van der Waals surface area (Å²) >= 11 is 7.77. The number of thiophene rings is 1. The summed E-state index contributed by atoms with van der Waals surface area (Å²) in [5, 5.41) is 5.60. The first-order valence-corrected chi connectivity index (χ1v) is 9.22. The molecule has 2 atom stereocenters. The Morgan fingerprint density at radius 2 is 1.96 bits per heavy atom. The molecule has 0 saturated carbocycles. The minimum Gasteiger partial charge on any atom is -0.329 e. The van der Waals surface area contributed by atoms with Crippen LogP contribution in [0.15, 0.2) is 53.0 Å². The molecule has 24 heavy (non-hydrogen) atoms. The number of benzene rings is 1. The van der Waals surface area contributed by atoms with E-state index in [-0.39, 0.29) is 23.5 Å². The lowest BCUT2D eigenvalue weighted by Crippen LogP contribution is -2.38. The molecule has 1 N–H and O–H groups in total. The number of carbonyl (C=O) groups is 2. The van der Waals surface area contributed by atoms with E-state index in [0.29, 0.717) is 24.3 Å². The van der Waals surface area contributed by atoms with Crippen LogP contribution in [0.3, 0.4) is 0 Å². The quantitative estimate of drug-likeness (QED) is 0.865. The van der Waals surface area contributed by atoms with Crippen LogP contribution < -0.4 is 5.32 Å². The van der Waals surface area contributed by atoms with Crippen molar-refractivity contribution in [3.05, 3.63) is 68.5 Å². The van der Waals surface area contributed by atoms with Crippen molar-refractivity contribution in [3.63, 3.8) is 0 Å². The first-order chi connectivity index (χ1) is 11.6. The van der Waals surface area contributed by atoms with Gasteiger partial charge in [-0.1, -0.05) is 29.8 Å². The van der Waals surface area contributed by atoms with Crippen molar-refractivity contribution in [1.29, 1.82) is 0 Å². The van der Waals surface area contributed by atoms with Gasteiger partial charge in [0.2, 0.25) is 5.91 Å². The highest BCUT2D eigenvalue weighted by atomic mass is 35.5. The van der Waals surface area contributed by atoms with Gasteiger partial charge in [-0.05, 0) is 35.6 Å². The van der Waals surface area contributed by atoms with Crippen molar-refractivity contribution in [3.8, 4) is 0 Å². The molecule has 3 nitrogen and oxygen atoms in total. The Hall–Kier alpha value is -1.91. The summed E-state index contributed by atoms with van der Waals surface area (Å²) in [7, 11) is 0. The molecular weight excluding hydrogens is 342 g/mol. The summed E-state index contributed by atoms with van der Waals surface area (Å²) in [6.45, 7) is 0. The van der Waals surface area contributed by atoms with Gasteiger partial charge in [0.15, 0.2) is 5.78 Å². The molecule has 0 saturated heterocycles. The summed E-state index contributed by atoms with van der Waals surface area (Å²) in [6.07, 6.45) is 1.52. The third-order valence-corrected chi connectivity index (χ3v) is 6.00. The molecule has 4 rings (SSSR count). The van der Waals surface area contributed by atoms with Crippen LogP contribution in [0, 0.1) is 0 Å². The average Bonchev–Trinajstić information content (AvgIpc) is 3.08. The first kappa shape index (κ1) is 15.6. The molecule has 0 spiro atoms. The lowest BCUT2D eigenvalue weighted by Gasteiger charge is -2.34. The zero-order valence-corrected chi connectivity index (χ0v) is 14.5. The third-order valence-electron chi connectivity index (χ3n) is 4.73. The van der Waals surface area contributed by atoms with Crippen molar-refractivity contribution >= 4 is 34.6 Å². The molecule has 1 aliphatic heterocycles. The number of allylic oxidation sites excluding steroid dienone is 2. The van der Waals surface area contributed by atoms with E-state index < -0.39 is 0 Å². The van der Waals surface area contributed by atoms with E-state index in [1.54, 1.807) is 17.4 Å². The van der Waals surface area contributed by atoms with Gasteiger partial charge in [0.05, 0.1) is 0 Å². The molecule has 2 heterocycles. The number of hydrogen-bond donors (Lipinski definition) is 1. The van der Waals surface area contributed by atoms with Crippen LogP contribution >= 0.6 is 22.9 Å². The minimum atomic E-state index is -0.191. The molecule has 0 bridgehead atoms. The fourth-order valence-corrected chi connectivity index (χ4v) is 4.72. The highest BCUT2D eigenvalue weighted by Crippen LogP contribution is 2.43. The van der Waals surface area contributed by atoms with Gasteiger partial charge in [0.1, 0.15) is 0 Å². The van der Waals surface area contributed by atoms with Gasteiger partial charge >= 0.3 is 0 Å². The van der Waals surface area contributed by atoms with Crippen LogP contribution in [-0.4, -0.2) is 11.7 Å². The van der Waals surface area contributed by atoms with E-state index in [4.69, 9.17) is 11.6 Å². The number of halogens is 1. The summed E-state index contributed by atoms with van der Waals surface area (Å²) in [6, 6.07) is 11.5. The average molecular weight is 358 g/mol. The summed E-state index contributed by atoms with van der Waals surface area (Å²) in [5.41, 5.74) is 2.50. The molecule has 2 aromatic rings. The van der Waals surface area contributed by atoms with Gasteiger partial charge in [0, 0.05) is 45.8 Å². The zero-order valence-electron chi connectivity index (χ0n) is 12.9. The second kappa shape index (κ2) is 6.19. The van der Waals surface area contributed by atoms with Gasteiger partial charge in [-0.3, -0.25) is 9.59 Å². The first-order valence-electron chi connectivity index (χ1n) is 7.97. The van der Waals surface area contributed by atoms with E-state index in [2.05, 4.69) is 11.4 Å². The second-order valence-corrected chi connectivity index (χ2v) is 7.71. The number of rotatable bonds is 2. The van der Waals surface area contributed by atoms with Gasteiger partial charge in [-0.2, -0.15) is 0 Å². The number of hydrogen-bond acceptors (Lipinski definition) is 3. The van der Waals surface area contributed by atoms with E-state index in [1.165, 1.54) is 4.88 Å². The molecule has 0 radical (unpaired) electrons. The molecule has 2 aliphatic rings. The second-order valence-electron chi connectivity index (χ2n) is 6.30. The maximum Gasteiger partial charge on any atom is 0.225 e. The lowest BCUT2D eigenvalue weighted by molar-refractivity contribution is -0.122. The number of ketones is 1. The molecule has 1 amide bonds. The fourth-order valence-electron chi connectivity index (χ4n) is 3.69. The monoisotopic (exact) mass is 357 g/mol. The summed E-state index contributed by atoms with van der Waals surface area (Å²) in [5.74, 6) is 0.0804. The van der Waals surface area contributed by atoms with Crippen LogP contribution in [0.4, 0.5) is 0 Å². The Morgan fingerprint density at radius 3 is 2.71 bits per heavy atom. The van der Waals surface area contributed by atoms with Crippen molar-refractivity contribution in [2.75, 3.05) is 0 Å². The normalized spacial score (nSPS) is 23.9. The lowest BCUT2D eigenvalue weighted by atomic mass is 9.75. The molecule has 122 valence electrons. The Bertz CT molecular complexity index is 841. The molecule has 0 unspecified atom stereocenters. The van der Waals surface area contributed by atoms with Crippen LogP contribution in [0.1, 0.15) is 41.5 Å². The van der Waals surface area contributed by atoms with Crippen molar-refractivity contribution in [1.82, 2.24) is 5.32 Å². The highest BCUT2D eigenvalue weighted by molar-refractivity contribution is 7.10. The third kappa shape index (κ3) is 2.80. The predicted octanol–water partition coefficient (Wildman–Crippen LogP) is 4.41. The Labute approximate surface area is 149 Å².